The van der Waals surface area contributed by atoms with Crippen molar-refractivity contribution in [3.05, 3.63) is 47.8 Å². The van der Waals surface area contributed by atoms with Gasteiger partial charge < -0.3 is 5.32 Å². The van der Waals surface area contributed by atoms with Crippen molar-refractivity contribution in [3.8, 4) is 0 Å². The number of hydrogen-bond donors (Lipinski definition) is 2. The monoisotopic (exact) mass is 282 g/mol. The molecule has 0 radical (unpaired) electrons. The van der Waals surface area contributed by atoms with Crippen molar-refractivity contribution in [2.75, 3.05) is 10.6 Å². The van der Waals surface area contributed by atoms with Crippen LogP contribution in [0.2, 0.25) is 0 Å². The first-order valence-electron chi connectivity index (χ1n) is 6.47. The highest BCUT2D eigenvalue weighted by Gasteiger charge is 2.09. The third-order valence-electron chi connectivity index (χ3n) is 3.06. The Labute approximate surface area is 121 Å². The number of carbonyl (C=O) groups is 1. The maximum absolute atomic E-state index is 10.5. The van der Waals surface area contributed by atoms with Crippen LogP contribution in [0.5, 0.6) is 0 Å². The van der Waals surface area contributed by atoms with Crippen LogP contribution in [0.3, 0.4) is 0 Å². The number of hydrogen-bond acceptors (Lipinski definition) is 5. The van der Waals surface area contributed by atoms with E-state index < -0.39 is 0 Å². The van der Waals surface area contributed by atoms with Gasteiger partial charge in [0.15, 0.2) is 5.82 Å². The van der Waals surface area contributed by atoms with Gasteiger partial charge in [0.25, 0.3) is 0 Å². The molecule has 0 atom stereocenters. The lowest BCUT2D eigenvalue weighted by atomic mass is 10.1. The molecule has 0 saturated carbocycles. The van der Waals surface area contributed by atoms with Crippen LogP contribution in [0.4, 0.5) is 11.8 Å². The molecule has 0 fully saturated rings. The molecule has 0 spiro atoms. The first kappa shape index (κ1) is 13.0. The van der Waals surface area contributed by atoms with E-state index in [1.54, 1.807) is 16.8 Å². The van der Waals surface area contributed by atoms with Crippen LogP contribution >= 0.6 is 0 Å². The molecule has 7 nitrogen and oxygen atoms in total. The van der Waals surface area contributed by atoms with Gasteiger partial charge in [-0.15, -0.1) is 10.2 Å². The summed E-state index contributed by atoms with van der Waals surface area (Å²) in [5, 5.41) is 13.7. The molecule has 0 aliphatic rings. The predicted molar refractivity (Wildman–Crippen MR) is 79.0 cm³/mol. The number of aryl methyl sites for hydroxylation is 1. The standard InChI is InChI=1S/C14H14N6O/c1-10-3-2-4-11(7-10)8-16-12-13-18-19-14(17-9-21)20(13)6-5-15-12/h2-7,9H,8H2,1H3,(H,15,16)(H,17,19,21). The van der Waals surface area contributed by atoms with E-state index in [4.69, 9.17) is 0 Å². The van der Waals surface area contributed by atoms with Crippen LogP contribution in [0.15, 0.2) is 36.7 Å². The second-order valence-corrected chi connectivity index (χ2v) is 4.60. The number of fused-ring (bicyclic) bond motifs is 1. The summed E-state index contributed by atoms with van der Waals surface area (Å²) in [4.78, 5) is 14.8. The summed E-state index contributed by atoms with van der Waals surface area (Å²) in [5.41, 5.74) is 2.93. The molecule has 21 heavy (non-hydrogen) atoms. The van der Waals surface area contributed by atoms with Crippen molar-refractivity contribution < 1.29 is 4.79 Å². The van der Waals surface area contributed by atoms with Gasteiger partial charge in [-0.3, -0.25) is 14.5 Å². The SMILES string of the molecule is Cc1cccc(CNc2nccn3c(NC=O)nnc23)c1. The van der Waals surface area contributed by atoms with Gasteiger partial charge in [-0.2, -0.15) is 0 Å². The Kier molecular flexibility index (Phi) is 3.46. The molecule has 3 rings (SSSR count). The predicted octanol–water partition coefficient (Wildman–Crippen LogP) is 1.61. The van der Waals surface area contributed by atoms with E-state index in [-0.39, 0.29) is 0 Å². The normalized spacial score (nSPS) is 10.5. The molecular weight excluding hydrogens is 268 g/mol. The molecule has 0 aliphatic heterocycles. The zero-order valence-electron chi connectivity index (χ0n) is 11.4. The third-order valence-corrected chi connectivity index (χ3v) is 3.06. The van der Waals surface area contributed by atoms with Crippen LogP contribution in [-0.4, -0.2) is 26.0 Å². The van der Waals surface area contributed by atoms with Gasteiger partial charge in [-0.05, 0) is 12.5 Å². The Morgan fingerprint density at radius 2 is 2.24 bits per heavy atom. The number of aromatic nitrogens is 4. The molecule has 1 aromatic carbocycles. The van der Waals surface area contributed by atoms with Gasteiger partial charge in [-0.1, -0.05) is 29.8 Å². The Bertz CT molecular complexity index is 782. The highest BCUT2D eigenvalue weighted by atomic mass is 16.1. The number of benzene rings is 1. The number of nitrogens with zero attached hydrogens (tertiary/aromatic N) is 4. The number of carbonyl (C=O) groups excluding carboxylic acids is 1. The third kappa shape index (κ3) is 2.66. The number of amides is 1. The van der Waals surface area contributed by atoms with Gasteiger partial charge in [0.1, 0.15) is 0 Å². The lowest BCUT2D eigenvalue weighted by Crippen LogP contribution is -2.05. The van der Waals surface area contributed by atoms with Crippen molar-refractivity contribution in [3.63, 3.8) is 0 Å². The lowest BCUT2D eigenvalue weighted by molar-refractivity contribution is -0.105. The average molecular weight is 282 g/mol. The summed E-state index contributed by atoms with van der Waals surface area (Å²) in [6.07, 6.45) is 3.89. The number of anilines is 2. The van der Waals surface area contributed by atoms with Crippen LogP contribution < -0.4 is 10.6 Å². The van der Waals surface area contributed by atoms with Crippen LogP contribution in [-0.2, 0) is 11.3 Å². The molecule has 3 aromatic rings. The largest absolute Gasteiger partial charge is 0.363 e. The molecule has 7 heteroatoms. The topological polar surface area (TPSA) is 84.2 Å². The molecule has 2 N–H and O–H groups in total. The molecular formula is C14H14N6O. The van der Waals surface area contributed by atoms with Gasteiger partial charge >= 0.3 is 0 Å². The highest BCUT2D eigenvalue weighted by molar-refractivity contribution is 5.71. The molecule has 1 amide bonds. The quantitative estimate of drug-likeness (QED) is 0.695. The smallest absolute Gasteiger partial charge is 0.235 e. The van der Waals surface area contributed by atoms with Gasteiger partial charge in [0.2, 0.25) is 18.0 Å². The van der Waals surface area contributed by atoms with E-state index in [1.807, 2.05) is 12.1 Å². The molecule has 2 aromatic heterocycles. The van der Waals surface area contributed by atoms with E-state index in [0.717, 1.165) is 5.56 Å². The van der Waals surface area contributed by atoms with Crippen molar-refractivity contribution in [2.24, 2.45) is 0 Å². The second kappa shape index (κ2) is 5.58. The first-order valence-corrected chi connectivity index (χ1v) is 6.47. The van der Waals surface area contributed by atoms with Crippen molar-refractivity contribution in [1.82, 2.24) is 19.6 Å². The first-order chi connectivity index (χ1) is 10.3. The summed E-state index contributed by atoms with van der Waals surface area (Å²) in [7, 11) is 0. The number of nitrogens with one attached hydrogen (secondary N) is 2. The second-order valence-electron chi connectivity index (χ2n) is 4.60. The molecule has 2 heterocycles. The van der Waals surface area contributed by atoms with Crippen LogP contribution in [0.25, 0.3) is 5.65 Å². The minimum atomic E-state index is 0.362. The van der Waals surface area contributed by atoms with E-state index in [2.05, 4.69) is 44.9 Å². The van der Waals surface area contributed by atoms with Gasteiger partial charge in [0, 0.05) is 18.9 Å². The molecule has 106 valence electrons. The fourth-order valence-corrected chi connectivity index (χ4v) is 2.11. The van der Waals surface area contributed by atoms with Crippen LogP contribution in [0.1, 0.15) is 11.1 Å². The van der Waals surface area contributed by atoms with E-state index in [9.17, 15) is 4.79 Å². The summed E-state index contributed by atoms with van der Waals surface area (Å²) < 4.78 is 1.67. The Morgan fingerprint density at radius 1 is 1.33 bits per heavy atom. The van der Waals surface area contributed by atoms with Gasteiger partial charge in [-0.25, -0.2) is 4.98 Å². The fourth-order valence-electron chi connectivity index (χ4n) is 2.11. The number of rotatable bonds is 5. The zero-order chi connectivity index (χ0) is 14.7. The Hall–Kier alpha value is -2.96. The minimum absolute atomic E-state index is 0.362. The zero-order valence-corrected chi connectivity index (χ0v) is 11.4. The fraction of sp³-hybridized carbons (Fsp3) is 0.143. The summed E-state index contributed by atoms with van der Waals surface area (Å²) >= 11 is 0. The highest BCUT2D eigenvalue weighted by Crippen LogP contribution is 2.16. The van der Waals surface area contributed by atoms with E-state index in [1.165, 1.54) is 5.56 Å². The van der Waals surface area contributed by atoms with Crippen molar-refractivity contribution >= 4 is 23.8 Å². The molecule has 0 aliphatic carbocycles. The maximum atomic E-state index is 10.5. The van der Waals surface area contributed by atoms with Crippen molar-refractivity contribution in [1.29, 1.82) is 0 Å². The Morgan fingerprint density at radius 3 is 3.05 bits per heavy atom. The minimum Gasteiger partial charge on any atom is -0.363 e. The molecule has 0 unspecified atom stereocenters. The van der Waals surface area contributed by atoms with Crippen molar-refractivity contribution in [2.45, 2.75) is 13.5 Å². The van der Waals surface area contributed by atoms with E-state index in [0.29, 0.717) is 30.4 Å². The summed E-state index contributed by atoms with van der Waals surface area (Å²) in [6, 6.07) is 8.22. The molecule has 0 bridgehead atoms. The average Bonchev–Trinajstić information content (AvgIpc) is 2.90. The van der Waals surface area contributed by atoms with Crippen LogP contribution in [0, 0.1) is 6.92 Å². The van der Waals surface area contributed by atoms with Gasteiger partial charge in [0.05, 0.1) is 0 Å². The summed E-state index contributed by atoms with van der Waals surface area (Å²) in [6.45, 7) is 2.69. The summed E-state index contributed by atoms with van der Waals surface area (Å²) in [5.74, 6) is 0.978. The lowest BCUT2D eigenvalue weighted by Gasteiger charge is -2.07. The molecule has 0 saturated heterocycles. The Balaban J connectivity index is 1.85. The van der Waals surface area contributed by atoms with E-state index >= 15 is 0 Å². The maximum Gasteiger partial charge on any atom is 0.235 e.